The van der Waals surface area contributed by atoms with Crippen molar-refractivity contribution < 1.29 is 18.3 Å². The molecule has 1 heterocycles. The predicted molar refractivity (Wildman–Crippen MR) is 66.4 cm³/mol. The molecule has 1 N–H and O–H groups in total. The van der Waals surface area contributed by atoms with Crippen LogP contribution in [0.5, 0.6) is 0 Å². The fraction of sp³-hybridized carbons (Fsp3) is 0.143. The minimum atomic E-state index is -1.28. The van der Waals surface area contributed by atoms with Gasteiger partial charge in [-0.2, -0.15) is 0 Å². The Morgan fingerprint density at radius 3 is 2.63 bits per heavy atom. The molecule has 0 radical (unpaired) electrons. The molecule has 0 saturated carbocycles. The van der Waals surface area contributed by atoms with Gasteiger partial charge in [-0.05, 0) is 23.8 Å². The molecule has 0 saturated heterocycles. The quantitative estimate of drug-likeness (QED) is 0.793. The van der Waals surface area contributed by atoms with E-state index in [1.165, 1.54) is 30.0 Å². The summed E-state index contributed by atoms with van der Waals surface area (Å²) in [5.74, 6) is -2.32. The summed E-state index contributed by atoms with van der Waals surface area (Å²) < 4.78 is 40.8. The number of hydrogen-bond acceptors (Lipinski definition) is 2. The number of aliphatic hydroxyl groups excluding tert-OH is 1. The molecule has 2 aromatic carbocycles. The minimum Gasteiger partial charge on any atom is -0.383 e. The normalized spacial score (nSPS) is 17.6. The first-order valence-electron chi connectivity index (χ1n) is 5.65. The lowest BCUT2D eigenvalue weighted by atomic mass is 9.97. The lowest BCUT2D eigenvalue weighted by Gasteiger charge is -2.15. The summed E-state index contributed by atoms with van der Waals surface area (Å²) in [4.78, 5) is 0.545. The highest BCUT2D eigenvalue weighted by molar-refractivity contribution is 7.98. The van der Waals surface area contributed by atoms with Gasteiger partial charge in [0.2, 0.25) is 0 Å². The van der Waals surface area contributed by atoms with Crippen LogP contribution < -0.4 is 0 Å². The van der Waals surface area contributed by atoms with E-state index in [-0.39, 0.29) is 22.4 Å². The third kappa shape index (κ3) is 1.93. The zero-order valence-corrected chi connectivity index (χ0v) is 10.5. The van der Waals surface area contributed by atoms with Gasteiger partial charge in [-0.15, -0.1) is 11.8 Å². The summed E-state index contributed by atoms with van der Waals surface area (Å²) in [5, 5.41) is 10.2. The Labute approximate surface area is 112 Å². The highest BCUT2D eigenvalue weighted by Gasteiger charge is 2.27. The van der Waals surface area contributed by atoms with E-state index >= 15 is 0 Å². The van der Waals surface area contributed by atoms with Crippen LogP contribution in [0.25, 0.3) is 0 Å². The molecule has 2 aromatic rings. The van der Waals surface area contributed by atoms with Crippen LogP contribution in [-0.4, -0.2) is 5.11 Å². The molecule has 1 unspecified atom stereocenters. The number of halogens is 3. The van der Waals surface area contributed by atoms with Crippen LogP contribution in [0.3, 0.4) is 0 Å². The van der Waals surface area contributed by atoms with E-state index in [0.29, 0.717) is 4.90 Å². The molecule has 5 heteroatoms. The van der Waals surface area contributed by atoms with Gasteiger partial charge in [-0.3, -0.25) is 0 Å². The Bertz CT molecular complexity index is 657. The second-order valence-electron chi connectivity index (χ2n) is 4.27. The average molecular weight is 282 g/mol. The van der Waals surface area contributed by atoms with Crippen LogP contribution in [0.1, 0.15) is 22.8 Å². The van der Waals surface area contributed by atoms with E-state index in [4.69, 9.17) is 0 Å². The summed E-state index contributed by atoms with van der Waals surface area (Å²) in [5.41, 5.74) is 0.431. The number of hydrogen-bond donors (Lipinski definition) is 1. The fourth-order valence-corrected chi connectivity index (χ4v) is 3.36. The van der Waals surface area contributed by atoms with Crippen LogP contribution in [0, 0.1) is 17.5 Å². The van der Waals surface area contributed by atoms with Crippen molar-refractivity contribution >= 4 is 11.8 Å². The Balaban J connectivity index is 2.24. The van der Waals surface area contributed by atoms with Gasteiger partial charge in [0.05, 0.1) is 0 Å². The Hall–Kier alpha value is -1.46. The fourth-order valence-electron chi connectivity index (χ4n) is 2.22. The van der Waals surface area contributed by atoms with Crippen molar-refractivity contribution in [3.8, 4) is 0 Å². The monoisotopic (exact) mass is 282 g/mol. The zero-order chi connectivity index (χ0) is 13.6. The van der Waals surface area contributed by atoms with Crippen molar-refractivity contribution in [3.05, 3.63) is 64.5 Å². The van der Waals surface area contributed by atoms with Crippen LogP contribution in [-0.2, 0) is 5.75 Å². The molecule has 0 amide bonds. The summed E-state index contributed by atoms with van der Waals surface area (Å²) in [6.07, 6.45) is -1.28. The van der Waals surface area contributed by atoms with E-state index in [0.717, 1.165) is 6.07 Å². The van der Waals surface area contributed by atoms with Gasteiger partial charge < -0.3 is 5.11 Å². The second-order valence-corrected chi connectivity index (χ2v) is 5.29. The SMILES string of the molecule is OC1c2ccc(F)c(F)c2CSc2cccc(F)c21. The first-order chi connectivity index (χ1) is 9.09. The molecule has 3 rings (SSSR count). The molecule has 0 aliphatic carbocycles. The van der Waals surface area contributed by atoms with Gasteiger partial charge in [0.25, 0.3) is 0 Å². The van der Waals surface area contributed by atoms with Crippen LogP contribution in [0.15, 0.2) is 35.2 Å². The molecule has 1 aliphatic rings. The second kappa shape index (κ2) is 4.58. The van der Waals surface area contributed by atoms with Crippen molar-refractivity contribution in [2.45, 2.75) is 16.8 Å². The predicted octanol–water partition coefficient (Wildman–Crippen LogP) is 3.79. The Kier molecular flexibility index (Phi) is 3.03. The van der Waals surface area contributed by atoms with Crippen LogP contribution in [0.4, 0.5) is 13.2 Å². The highest BCUT2D eigenvalue weighted by atomic mass is 32.2. The maximum Gasteiger partial charge on any atom is 0.163 e. The highest BCUT2D eigenvalue weighted by Crippen LogP contribution is 2.41. The van der Waals surface area contributed by atoms with Crippen molar-refractivity contribution in [1.29, 1.82) is 0 Å². The molecular weight excluding hydrogens is 273 g/mol. The maximum absolute atomic E-state index is 13.8. The van der Waals surface area contributed by atoms with Crippen molar-refractivity contribution in [3.63, 3.8) is 0 Å². The Morgan fingerprint density at radius 1 is 1.05 bits per heavy atom. The zero-order valence-electron chi connectivity index (χ0n) is 9.66. The summed E-state index contributed by atoms with van der Waals surface area (Å²) in [6.45, 7) is 0. The smallest absolute Gasteiger partial charge is 0.163 e. The number of benzene rings is 2. The van der Waals surface area contributed by atoms with E-state index in [1.54, 1.807) is 6.07 Å². The number of fused-ring (bicyclic) bond motifs is 2. The van der Waals surface area contributed by atoms with Gasteiger partial charge in [-0.1, -0.05) is 12.1 Å². The topological polar surface area (TPSA) is 20.2 Å². The van der Waals surface area contributed by atoms with Gasteiger partial charge in [0.1, 0.15) is 11.9 Å². The Morgan fingerprint density at radius 2 is 1.84 bits per heavy atom. The number of rotatable bonds is 0. The van der Waals surface area contributed by atoms with Gasteiger partial charge in [0, 0.05) is 21.8 Å². The summed E-state index contributed by atoms with van der Waals surface area (Å²) >= 11 is 1.19. The van der Waals surface area contributed by atoms with E-state index in [2.05, 4.69) is 0 Å². The summed E-state index contributed by atoms with van der Waals surface area (Å²) in [7, 11) is 0. The van der Waals surface area contributed by atoms with Crippen molar-refractivity contribution in [1.82, 2.24) is 0 Å². The summed E-state index contributed by atoms with van der Waals surface area (Å²) in [6, 6.07) is 6.69. The minimum absolute atomic E-state index is 0.0908. The number of thioether (sulfide) groups is 1. The lowest BCUT2D eigenvalue weighted by molar-refractivity contribution is 0.210. The van der Waals surface area contributed by atoms with E-state index in [1.807, 2.05) is 0 Å². The van der Waals surface area contributed by atoms with Crippen LogP contribution >= 0.6 is 11.8 Å². The molecule has 1 nitrogen and oxygen atoms in total. The lowest BCUT2D eigenvalue weighted by Crippen LogP contribution is -2.06. The van der Waals surface area contributed by atoms with Crippen molar-refractivity contribution in [2.75, 3.05) is 0 Å². The van der Waals surface area contributed by atoms with E-state index < -0.39 is 23.6 Å². The molecule has 0 aromatic heterocycles. The molecule has 0 fully saturated rings. The first-order valence-corrected chi connectivity index (χ1v) is 6.64. The van der Waals surface area contributed by atoms with Crippen LogP contribution in [0.2, 0.25) is 0 Å². The molecular formula is C14H9F3OS. The first kappa shape index (κ1) is 12.6. The average Bonchev–Trinajstić information content (AvgIpc) is 2.53. The van der Waals surface area contributed by atoms with Gasteiger partial charge in [0.15, 0.2) is 11.6 Å². The number of aliphatic hydroxyl groups is 1. The van der Waals surface area contributed by atoms with Gasteiger partial charge in [-0.25, -0.2) is 13.2 Å². The molecule has 19 heavy (non-hydrogen) atoms. The molecule has 0 bridgehead atoms. The standard InChI is InChI=1S/C14H9F3OS/c15-9-2-1-3-11-12(9)14(18)7-4-5-10(16)13(17)8(7)6-19-11/h1-5,14,18H,6H2. The van der Waals surface area contributed by atoms with Crippen molar-refractivity contribution in [2.24, 2.45) is 0 Å². The van der Waals surface area contributed by atoms with E-state index in [9.17, 15) is 18.3 Å². The molecule has 0 spiro atoms. The molecule has 1 atom stereocenters. The molecule has 98 valence electrons. The third-order valence-corrected chi connectivity index (χ3v) is 4.29. The largest absolute Gasteiger partial charge is 0.383 e. The van der Waals surface area contributed by atoms with Gasteiger partial charge >= 0.3 is 0 Å². The molecule has 1 aliphatic heterocycles. The third-order valence-electron chi connectivity index (χ3n) is 3.19. The maximum atomic E-state index is 13.8.